The fourth-order valence-electron chi connectivity index (χ4n) is 2.76. The van der Waals surface area contributed by atoms with Crippen molar-refractivity contribution in [3.05, 3.63) is 58.4 Å². The van der Waals surface area contributed by atoms with Crippen LogP contribution in [0.3, 0.4) is 0 Å². The van der Waals surface area contributed by atoms with Gasteiger partial charge >= 0.3 is 5.97 Å². The lowest BCUT2D eigenvalue weighted by atomic mass is 10.1. The van der Waals surface area contributed by atoms with Crippen molar-refractivity contribution in [3.8, 4) is 0 Å². The Hall–Kier alpha value is -1.66. The molecule has 132 valence electrons. The molecule has 2 heterocycles. The number of thioether (sulfide) groups is 2. The topological polar surface area (TPSA) is 48.3 Å². The van der Waals surface area contributed by atoms with Crippen LogP contribution in [-0.2, 0) is 11.8 Å². The summed E-state index contributed by atoms with van der Waals surface area (Å²) >= 11 is 3.85. The Morgan fingerprint density at radius 2 is 1.80 bits per heavy atom. The van der Waals surface area contributed by atoms with E-state index in [1.54, 1.807) is 12.1 Å². The van der Waals surface area contributed by atoms with Gasteiger partial charge in [-0.05, 0) is 37.6 Å². The zero-order chi connectivity index (χ0) is 18.0. The first-order valence-electron chi connectivity index (χ1n) is 8.14. The third-order valence-corrected chi connectivity index (χ3v) is 7.55. The van der Waals surface area contributed by atoms with Crippen LogP contribution in [0.5, 0.6) is 0 Å². The van der Waals surface area contributed by atoms with Crippen molar-refractivity contribution in [2.24, 2.45) is 7.05 Å². The van der Waals surface area contributed by atoms with Crippen molar-refractivity contribution in [2.75, 3.05) is 18.1 Å². The second-order valence-electron chi connectivity index (χ2n) is 6.04. The number of carbonyl (C=O) groups excluding carboxylic acids is 2. The number of Topliss-reactive ketones (excluding diaryl/α,β-unsaturated/α-hetero) is 1. The SMILES string of the molecule is Cc1cc(C(=O)COC(=O)c2ccc(C3SCCS3)cc2)c(C)n1C. The normalized spacial score (nSPS) is 14.7. The first-order chi connectivity index (χ1) is 12.0. The molecule has 4 nitrogen and oxygen atoms in total. The van der Waals surface area contributed by atoms with Crippen LogP contribution in [0.2, 0.25) is 0 Å². The summed E-state index contributed by atoms with van der Waals surface area (Å²) < 4.78 is 7.61. The van der Waals surface area contributed by atoms with Crippen LogP contribution >= 0.6 is 23.5 Å². The minimum atomic E-state index is -0.461. The number of nitrogens with zero attached hydrogens (tertiary/aromatic N) is 1. The number of rotatable bonds is 5. The second-order valence-corrected chi connectivity index (χ2v) is 8.76. The molecule has 0 atom stereocenters. The minimum absolute atomic E-state index is 0.176. The summed E-state index contributed by atoms with van der Waals surface area (Å²) in [5, 5.41) is 0. The van der Waals surface area contributed by atoms with Crippen molar-refractivity contribution in [2.45, 2.75) is 18.4 Å². The largest absolute Gasteiger partial charge is 0.454 e. The Bertz CT molecular complexity index is 790. The summed E-state index contributed by atoms with van der Waals surface area (Å²) in [6.07, 6.45) is 0. The monoisotopic (exact) mass is 375 g/mol. The Morgan fingerprint density at radius 1 is 1.16 bits per heavy atom. The number of hydrogen-bond acceptors (Lipinski definition) is 5. The predicted molar refractivity (Wildman–Crippen MR) is 104 cm³/mol. The van der Waals surface area contributed by atoms with E-state index in [9.17, 15) is 9.59 Å². The predicted octanol–water partition coefficient (Wildman–Crippen LogP) is 4.16. The fourth-order valence-corrected chi connectivity index (χ4v) is 5.62. The maximum Gasteiger partial charge on any atom is 0.338 e. The molecule has 0 bridgehead atoms. The van der Waals surface area contributed by atoms with Crippen molar-refractivity contribution in [1.29, 1.82) is 0 Å². The quantitative estimate of drug-likeness (QED) is 0.580. The number of benzene rings is 1. The Morgan fingerprint density at radius 3 is 2.36 bits per heavy atom. The molecule has 0 amide bonds. The van der Waals surface area contributed by atoms with E-state index < -0.39 is 5.97 Å². The second kappa shape index (κ2) is 7.70. The smallest absolute Gasteiger partial charge is 0.338 e. The lowest BCUT2D eigenvalue weighted by molar-refractivity contribution is 0.0474. The molecule has 0 N–H and O–H groups in total. The van der Waals surface area contributed by atoms with E-state index in [4.69, 9.17) is 4.74 Å². The van der Waals surface area contributed by atoms with Crippen LogP contribution < -0.4 is 0 Å². The maximum atomic E-state index is 12.3. The molecule has 2 aromatic rings. The molecular formula is C19H21NO3S2. The lowest BCUT2D eigenvalue weighted by Gasteiger charge is -2.09. The van der Waals surface area contributed by atoms with Crippen molar-refractivity contribution >= 4 is 35.3 Å². The van der Waals surface area contributed by atoms with Gasteiger partial charge in [0.1, 0.15) is 0 Å². The average molecular weight is 376 g/mol. The number of aryl methyl sites for hydroxylation is 1. The number of ketones is 1. The highest BCUT2D eigenvalue weighted by molar-refractivity contribution is 8.19. The molecule has 1 aliphatic heterocycles. The summed E-state index contributed by atoms with van der Waals surface area (Å²) in [4.78, 5) is 24.5. The van der Waals surface area contributed by atoms with Crippen LogP contribution in [0, 0.1) is 13.8 Å². The van der Waals surface area contributed by atoms with E-state index in [1.807, 2.05) is 67.2 Å². The third-order valence-electron chi connectivity index (χ3n) is 4.45. The Labute approximate surface area is 156 Å². The van der Waals surface area contributed by atoms with Crippen LogP contribution in [0.25, 0.3) is 0 Å². The van der Waals surface area contributed by atoms with Crippen molar-refractivity contribution < 1.29 is 14.3 Å². The van der Waals surface area contributed by atoms with E-state index in [0.717, 1.165) is 11.4 Å². The van der Waals surface area contributed by atoms with Crippen LogP contribution in [0.1, 0.15) is 42.2 Å². The molecular weight excluding hydrogens is 354 g/mol. The molecule has 3 rings (SSSR count). The van der Waals surface area contributed by atoms with Crippen molar-refractivity contribution in [1.82, 2.24) is 4.57 Å². The molecule has 1 saturated heterocycles. The molecule has 0 unspecified atom stereocenters. The van der Waals surface area contributed by atoms with Gasteiger partial charge in [0.25, 0.3) is 0 Å². The zero-order valence-corrected chi connectivity index (χ0v) is 16.2. The molecule has 1 aliphatic rings. The molecule has 0 saturated carbocycles. The molecule has 6 heteroatoms. The molecule has 1 aromatic carbocycles. The van der Waals surface area contributed by atoms with E-state index in [-0.39, 0.29) is 12.4 Å². The van der Waals surface area contributed by atoms with Gasteiger partial charge in [0.05, 0.1) is 10.1 Å². The minimum Gasteiger partial charge on any atom is -0.454 e. The van der Waals surface area contributed by atoms with E-state index in [1.165, 1.54) is 17.1 Å². The summed E-state index contributed by atoms with van der Waals surface area (Å²) in [6, 6.07) is 9.33. The first-order valence-corrected chi connectivity index (χ1v) is 10.2. The number of aromatic nitrogens is 1. The highest BCUT2D eigenvalue weighted by Gasteiger charge is 2.19. The summed E-state index contributed by atoms with van der Waals surface area (Å²) in [5.41, 5.74) is 4.19. The van der Waals surface area contributed by atoms with E-state index in [0.29, 0.717) is 15.7 Å². The standard InChI is InChI=1S/C19H21NO3S2/c1-12-10-16(13(2)20(12)3)17(21)11-23-18(22)14-4-6-15(7-5-14)19-24-8-9-25-19/h4-7,10,19H,8-9,11H2,1-3H3. The van der Waals surface area contributed by atoms with Crippen LogP contribution in [0.4, 0.5) is 0 Å². The molecule has 0 radical (unpaired) electrons. The zero-order valence-electron chi connectivity index (χ0n) is 14.6. The maximum absolute atomic E-state index is 12.3. The van der Waals surface area contributed by atoms with Gasteiger partial charge in [0.2, 0.25) is 5.78 Å². The van der Waals surface area contributed by atoms with Gasteiger partial charge in [-0.2, -0.15) is 0 Å². The Kier molecular flexibility index (Phi) is 5.59. The average Bonchev–Trinajstić information content (AvgIpc) is 3.24. The van der Waals surface area contributed by atoms with Crippen molar-refractivity contribution in [3.63, 3.8) is 0 Å². The highest BCUT2D eigenvalue weighted by atomic mass is 32.2. The third kappa shape index (κ3) is 3.96. The Balaban J connectivity index is 1.60. The van der Waals surface area contributed by atoms with Gasteiger partial charge in [-0.3, -0.25) is 4.79 Å². The molecule has 1 aromatic heterocycles. The molecule has 1 fully saturated rings. The van der Waals surface area contributed by atoms with Gasteiger partial charge in [-0.25, -0.2) is 4.79 Å². The number of esters is 1. The number of ether oxygens (including phenoxy) is 1. The van der Waals surface area contributed by atoms with Gasteiger partial charge in [-0.15, -0.1) is 23.5 Å². The molecule has 25 heavy (non-hydrogen) atoms. The van der Waals surface area contributed by atoms with Crippen LogP contribution in [0.15, 0.2) is 30.3 Å². The van der Waals surface area contributed by atoms with Crippen LogP contribution in [-0.4, -0.2) is 34.4 Å². The van der Waals surface area contributed by atoms with Gasteiger partial charge in [-0.1, -0.05) is 12.1 Å². The first kappa shape index (κ1) is 18.1. The summed E-state index contributed by atoms with van der Waals surface area (Å²) in [6.45, 7) is 3.59. The number of hydrogen-bond donors (Lipinski definition) is 0. The fraction of sp³-hybridized carbons (Fsp3) is 0.368. The summed E-state index contributed by atoms with van der Waals surface area (Å²) in [7, 11) is 1.91. The van der Waals surface area contributed by atoms with E-state index >= 15 is 0 Å². The lowest BCUT2D eigenvalue weighted by Crippen LogP contribution is -2.15. The molecule has 0 spiro atoms. The summed E-state index contributed by atoms with van der Waals surface area (Å²) in [5.74, 6) is 1.70. The van der Waals surface area contributed by atoms with Gasteiger partial charge < -0.3 is 9.30 Å². The number of carbonyl (C=O) groups is 2. The van der Waals surface area contributed by atoms with Gasteiger partial charge in [0.15, 0.2) is 6.61 Å². The molecule has 0 aliphatic carbocycles. The van der Waals surface area contributed by atoms with E-state index in [2.05, 4.69) is 0 Å². The van der Waals surface area contributed by atoms with Gasteiger partial charge in [0, 0.05) is 35.5 Å². The highest BCUT2D eigenvalue weighted by Crippen LogP contribution is 2.45.